The minimum absolute atomic E-state index is 0.607. The van der Waals surface area contributed by atoms with Gasteiger partial charge in [0.05, 0.1) is 5.52 Å². The predicted octanol–water partition coefficient (Wildman–Crippen LogP) is 2.84. The fraction of sp³-hybridized carbons (Fsp3) is 0.176. The van der Waals surface area contributed by atoms with Crippen LogP contribution in [0.15, 0.2) is 54.9 Å². The van der Waals surface area contributed by atoms with E-state index in [-0.39, 0.29) is 0 Å². The van der Waals surface area contributed by atoms with Crippen molar-refractivity contribution in [3.8, 4) is 0 Å². The topological polar surface area (TPSA) is 55.0 Å². The van der Waals surface area contributed by atoms with Crippen LogP contribution in [-0.4, -0.2) is 21.9 Å². The summed E-state index contributed by atoms with van der Waals surface area (Å²) in [5, 5.41) is 1.12. The number of nitrogen functional groups attached to an aromatic ring is 1. The van der Waals surface area contributed by atoms with Gasteiger partial charge in [-0.15, -0.1) is 0 Å². The van der Waals surface area contributed by atoms with E-state index in [1.54, 1.807) is 0 Å². The molecular weight excluding hydrogens is 260 g/mol. The number of nitrogens with two attached hydrogens (primary N) is 1. The molecule has 2 N–H and O–H groups in total. The number of aromatic nitrogens is 2. The predicted molar refractivity (Wildman–Crippen MR) is 85.6 cm³/mol. The summed E-state index contributed by atoms with van der Waals surface area (Å²) in [7, 11) is 2.08. The van der Waals surface area contributed by atoms with Crippen LogP contribution in [0.5, 0.6) is 0 Å². The van der Waals surface area contributed by atoms with Crippen LogP contribution in [0, 0.1) is 0 Å². The number of pyridine rings is 2. The van der Waals surface area contributed by atoms with Crippen molar-refractivity contribution in [2.75, 3.05) is 12.8 Å². The van der Waals surface area contributed by atoms with Crippen LogP contribution in [0.1, 0.15) is 11.1 Å². The third kappa shape index (κ3) is 3.17. The summed E-state index contributed by atoms with van der Waals surface area (Å²) >= 11 is 0. The highest BCUT2D eigenvalue weighted by Crippen LogP contribution is 2.19. The highest BCUT2D eigenvalue weighted by Gasteiger charge is 2.07. The number of rotatable bonds is 4. The third-order valence-electron chi connectivity index (χ3n) is 3.48. The number of benzene rings is 1. The first kappa shape index (κ1) is 13.5. The molecule has 0 unspecified atom stereocenters. The standard InChI is InChI=1S/C17H18N4/c1-21(11-13-6-8-19-9-7-13)12-15-10-14-4-2-3-5-16(14)20-17(15)18/h2-10H,11-12H2,1H3,(H2,18,20). The second-order valence-corrected chi connectivity index (χ2v) is 5.25. The zero-order chi connectivity index (χ0) is 14.7. The van der Waals surface area contributed by atoms with Crippen LogP contribution >= 0.6 is 0 Å². The van der Waals surface area contributed by atoms with Crippen LogP contribution < -0.4 is 5.73 Å². The molecule has 3 aromatic rings. The van der Waals surface area contributed by atoms with Crippen molar-refractivity contribution < 1.29 is 0 Å². The molecule has 0 saturated heterocycles. The van der Waals surface area contributed by atoms with Gasteiger partial charge in [0.25, 0.3) is 0 Å². The Kier molecular flexibility index (Phi) is 3.79. The van der Waals surface area contributed by atoms with Gasteiger partial charge in [0, 0.05) is 36.4 Å². The summed E-state index contributed by atoms with van der Waals surface area (Å²) < 4.78 is 0. The molecule has 0 aliphatic rings. The maximum atomic E-state index is 6.08. The Morgan fingerprint density at radius 2 is 1.81 bits per heavy atom. The minimum atomic E-state index is 0.607. The molecule has 0 amide bonds. The van der Waals surface area contributed by atoms with Crippen molar-refractivity contribution in [1.82, 2.24) is 14.9 Å². The summed E-state index contributed by atoms with van der Waals surface area (Å²) in [5.74, 6) is 0.607. The number of nitrogens with zero attached hydrogens (tertiary/aromatic N) is 3. The third-order valence-corrected chi connectivity index (χ3v) is 3.48. The summed E-state index contributed by atoms with van der Waals surface area (Å²) in [4.78, 5) is 10.7. The quantitative estimate of drug-likeness (QED) is 0.797. The molecule has 4 nitrogen and oxygen atoms in total. The molecule has 0 bridgehead atoms. The molecule has 106 valence electrons. The van der Waals surface area contributed by atoms with Gasteiger partial charge in [-0.05, 0) is 36.9 Å². The first-order chi connectivity index (χ1) is 10.2. The van der Waals surface area contributed by atoms with Crippen molar-refractivity contribution in [1.29, 1.82) is 0 Å². The van der Waals surface area contributed by atoms with Crippen molar-refractivity contribution in [3.63, 3.8) is 0 Å². The van der Waals surface area contributed by atoms with Crippen LogP contribution in [0.25, 0.3) is 10.9 Å². The second-order valence-electron chi connectivity index (χ2n) is 5.25. The smallest absolute Gasteiger partial charge is 0.128 e. The maximum absolute atomic E-state index is 6.08. The van der Waals surface area contributed by atoms with Gasteiger partial charge in [0.2, 0.25) is 0 Å². The molecule has 0 spiro atoms. The number of para-hydroxylation sites is 1. The van der Waals surface area contributed by atoms with Crippen LogP contribution in [0.3, 0.4) is 0 Å². The molecule has 4 heteroatoms. The Morgan fingerprint density at radius 3 is 2.62 bits per heavy atom. The number of hydrogen-bond donors (Lipinski definition) is 1. The van der Waals surface area contributed by atoms with Crippen molar-refractivity contribution in [3.05, 3.63) is 66.0 Å². The lowest BCUT2D eigenvalue weighted by atomic mass is 10.1. The normalized spacial score (nSPS) is 11.1. The van der Waals surface area contributed by atoms with Crippen molar-refractivity contribution in [2.24, 2.45) is 0 Å². The van der Waals surface area contributed by atoms with Gasteiger partial charge in [0.15, 0.2) is 0 Å². The van der Waals surface area contributed by atoms with Gasteiger partial charge in [0.1, 0.15) is 5.82 Å². The first-order valence-electron chi connectivity index (χ1n) is 6.94. The molecule has 21 heavy (non-hydrogen) atoms. The lowest BCUT2D eigenvalue weighted by Gasteiger charge is -2.18. The Morgan fingerprint density at radius 1 is 1.05 bits per heavy atom. The van der Waals surface area contributed by atoms with E-state index in [0.29, 0.717) is 5.82 Å². The molecule has 2 heterocycles. The average Bonchev–Trinajstić information content (AvgIpc) is 2.49. The molecular formula is C17H18N4. The van der Waals surface area contributed by atoms with E-state index in [0.717, 1.165) is 29.6 Å². The zero-order valence-corrected chi connectivity index (χ0v) is 12.0. The van der Waals surface area contributed by atoms with Gasteiger partial charge in [-0.3, -0.25) is 9.88 Å². The maximum Gasteiger partial charge on any atom is 0.128 e. The fourth-order valence-corrected chi connectivity index (χ4v) is 2.45. The van der Waals surface area contributed by atoms with Crippen LogP contribution in [0.2, 0.25) is 0 Å². The highest BCUT2D eigenvalue weighted by molar-refractivity contribution is 5.81. The van der Waals surface area contributed by atoms with E-state index >= 15 is 0 Å². The SMILES string of the molecule is CN(Cc1ccncc1)Cc1cc2ccccc2nc1N. The summed E-state index contributed by atoms with van der Waals surface area (Å²) in [6.45, 7) is 1.63. The number of hydrogen-bond acceptors (Lipinski definition) is 4. The van der Waals surface area contributed by atoms with Crippen molar-refractivity contribution in [2.45, 2.75) is 13.1 Å². The molecule has 0 radical (unpaired) electrons. The van der Waals surface area contributed by atoms with Gasteiger partial charge in [-0.2, -0.15) is 0 Å². The largest absolute Gasteiger partial charge is 0.383 e. The number of fused-ring (bicyclic) bond motifs is 1. The van der Waals surface area contributed by atoms with Gasteiger partial charge in [-0.1, -0.05) is 18.2 Å². The molecule has 2 aromatic heterocycles. The lowest BCUT2D eigenvalue weighted by Crippen LogP contribution is -2.18. The molecule has 0 aliphatic carbocycles. The highest BCUT2D eigenvalue weighted by atomic mass is 15.1. The van der Waals surface area contributed by atoms with E-state index in [9.17, 15) is 0 Å². The van der Waals surface area contributed by atoms with Crippen LogP contribution in [0.4, 0.5) is 5.82 Å². The molecule has 0 atom stereocenters. The van der Waals surface area contributed by atoms with E-state index in [1.165, 1.54) is 5.56 Å². The second kappa shape index (κ2) is 5.89. The Bertz CT molecular complexity index is 740. The summed E-state index contributed by atoms with van der Waals surface area (Å²) in [5.41, 5.74) is 9.32. The van der Waals surface area contributed by atoms with Gasteiger partial charge >= 0.3 is 0 Å². The average molecular weight is 278 g/mol. The van der Waals surface area contributed by atoms with E-state index in [2.05, 4.69) is 34.0 Å². The molecule has 0 saturated carbocycles. The van der Waals surface area contributed by atoms with E-state index < -0.39 is 0 Å². The Hall–Kier alpha value is -2.46. The van der Waals surface area contributed by atoms with Crippen LogP contribution in [-0.2, 0) is 13.1 Å². The fourth-order valence-electron chi connectivity index (χ4n) is 2.45. The molecule has 1 aromatic carbocycles. The van der Waals surface area contributed by atoms with Crippen molar-refractivity contribution >= 4 is 16.7 Å². The van der Waals surface area contributed by atoms with E-state index in [1.807, 2.05) is 42.7 Å². The lowest BCUT2D eigenvalue weighted by molar-refractivity contribution is 0.319. The number of anilines is 1. The molecule has 0 aliphatic heterocycles. The Labute approximate surface area is 124 Å². The summed E-state index contributed by atoms with van der Waals surface area (Å²) in [6.07, 6.45) is 3.63. The Balaban J connectivity index is 1.79. The molecule has 3 rings (SSSR count). The molecule has 0 fully saturated rings. The zero-order valence-electron chi connectivity index (χ0n) is 12.0. The minimum Gasteiger partial charge on any atom is -0.383 e. The first-order valence-corrected chi connectivity index (χ1v) is 6.94. The van der Waals surface area contributed by atoms with Gasteiger partial charge in [-0.25, -0.2) is 4.98 Å². The summed E-state index contributed by atoms with van der Waals surface area (Å²) in [6, 6.07) is 14.2. The van der Waals surface area contributed by atoms with E-state index in [4.69, 9.17) is 5.73 Å². The van der Waals surface area contributed by atoms with Gasteiger partial charge < -0.3 is 5.73 Å². The monoisotopic (exact) mass is 278 g/mol.